The molecule has 21 heavy (non-hydrogen) atoms. The van der Waals surface area contributed by atoms with Crippen LogP contribution in [0, 0.1) is 15.5 Å². The molecule has 0 spiro atoms. The van der Waals surface area contributed by atoms with E-state index >= 15 is 0 Å². The summed E-state index contributed by atoms with van der Waals surface area (Å²) in [6, 6.07) is 5.38. The Morgan fingerprint density at radius 1 is 1.48 bits per heavy atom. The molecule has 7 nitrogen and oxygen atoms in total. The van der Waals surface area contributed by atoms with Gasteiger partial charge < -0.3 is 5.11 Å². The quantitative estimate of drug-likeness (QED) is 0.667. The van der Waals surface area contributed by atoms with Gasteiger partial charge >= 0.3 is 0 Å². The predicted octanol–water partition coefficient (Wildman–Crippen LogP) is 2.16. The van der Waals surface area contributed by atoms with E-state index in [-0.39, 0.29) is 17.7 Å². The van der Waals surface area contributed by atoms with Crippen molar-refractivity contribution in [1.29, 1.82) is 0 Å². The fraction of sp³-hybridized carbons (Fsp3) is 0.429. The number of hydrogen-bond acceptors (Lipinski definition) is 5. The first-order valence-electron chi connectivity index (χ1n) is 6.51. The van der Waals surface area contributed by atoms with E-state index in [0.29, 0.717) is 0 Å². The third-order valence-corrected chi connectivity index (χ3v) is 3.62. The van der Waals surface area contributed by atoms with Gasteiger partial charge in [0.05, 0.1) is 4.92 Å². The maximum atomic E-state index is 12.5. The molecule has 1 heterocycles. The number of carbonyl (C=O) groups is 1. The highest BCUT2D eigenvalue weighted by Gasteiger charge is 2.50. The summed E-state index contributed by atoms with van der Waals surface area (Å²) in [6.07, 6.45) is 1.69. The lowest BCUT2D eigenvalue weighted by Gasteiger charge is -2.41. The van der Waals surface area contributed by atoms with Gasteiger partial charge in [-0.1, -0.05) is 26.8 Å². The van der Waals surface area contributed by atoms with Crippen LogP contribution in [0.15, 0.2) is 29.4 Å². The number of amides is 1. The van der Waals surface area contributed by atoms with E-state index in [1.165, 1.54) is 30.5 Å². The van der Waals surface area contributed by atoms with Crippen molar-refractivity contribution in [3.63, 3.8) is 0 Å². The predicted molar refractivity (Wildman–Crippen MR) is 76.8 cm³/mol. The Labute approximate surface area is 122 Å². The molecule has 1 aromatic rings. The van der Waals surface area contributed by atoms with Crippen molar-refractivity contribution >= 4 is 17.8 Å². The van der Waals surface area contributed by atoms with Crippen molar-refractivity contribution in [2.75, 3.05) is 0 Å². The molecular weight excluding hydrogens is 274 g/mol. The molecule has 0 saturated carbocycles. The normalized spacial score (nSPS) is 21.6. The molecule has 0 fully saturated rings. The van der Waals surface area contributed by atoms with Crippen LogP contribution in [0.1, 0.15) is 37.6 Å². The summed E-state index contributed by atoms with van der Waals surface area (Å²) >= 11 is 0. The Balaban J connectivity index is 2.38. The minimum absolute atomic E-state index is 0.117. The number of carbonyl (C=O) groups excluding carboxylic acids is 1. The van der Waals surface area contributed by atoms with Crippen molar-refractivity contribution in [3.8, 4) is 0 Å². The lowest BCUT2D eigenvalue weighted by Crippen LogP contribution is -2.54. The van der Waals surface area contributed by atoms with Crippen molar-refractivity contribution in [2.45, 2.75) is 32.9 Å². The Morgan fingerprint density at radius 2 is 2.14 bits per heavy atom. The molecule has 0 saturated heterocycles. The van der Waals surface area contributed by atoms with Gasteiger partial charge in [-0.2, -0.15) is 10.1 Å². The molecule has 7 heteroatoms. The van der Waals surface area contributed by atoms with Crippen LogP contribution in [0.4, 0.5) is 5.69 Å². The first-order valence-corrected chi connectivity index (χ1v) is 6.51. The molecule has 0 radical (unpaired) electrons. The van der Waals surface area contributed by atoms with Gasteiger partial charge in [-0.05, 0) is 6.07 Å². The van der Waals surface area contributed by atoms with Gasteiger partial charge in [-0.25, -0.2) is 0 Å². The molecule has 2 rings (SSSR count). The van der Waals surface area contributed by atoms with Crippen LogP contribution in [0.3, 0.4) is 0 Å². The minimum atomic E-state index is -1.45. The molecule has 1 N–H and O–H groups in total. The van der Waals surface area contributed by atoms with Crippen LogP contribution in [-0.2, 0) is 0 Å². The topological polar surface area (TPSA) is 96.0 Å². The first-order chi connectivity index (χ1) is 9.67. The number of nitrogens with zero attached hydrogens (tertiary/aromatic N) is 3. The van der Waals surface area contributed by atoms with Gasteiger partial charge in [0, 0.05) is 35.7 Å². The second kappa shape index (κ2) is 4.92. The summed E-state index contributed by atoms with van der Waals surface area (Å²) in [5.74, 6) is -0.565. The van der Waals surface area contributed by atoms with E-state index < -0.39 is 22.0 Å². The first kappa shape index (κ1) is 15.1. The average molecular weight is 291 g/mol. The SMILES string of the molecule is CC(C)(C)[C@]1(O)CC=NN1C(=O)c1cccc([N+](=O)[O-])c1. The van der Waals surface area contributed by atoms with Gasteiger partial charge in [0.15, 0.2) is 5.72 Å². The number of non-ortho nitro benzene ring substituents is 1. The van der Waals surface area contributed by atoms with Crippen LogP contribution < -0.4 is 0 Å². The largest absolute Gasteiger partial charge is 0.368 e. The van der Waals surface area contributed by atoms with E-state index in [1.54, 1.807) is 20.8 Å². The molecule has 0 aliphatic carbocycles. The fourth-order valence-corrected chi connectivity index (χ4v) is 2.15. The molecule has 1 aromatic carbocycles. The van der Waals surface area contributed by atoms with Gasteiger partial charge in [-0.15, -0.1) is 0 Å². The molecule has 0 unspecified atom stereocenters. The molecule has 1 aliphatic heterocycles. The van der Waals surface area contributed by atoms with Crippen LogP contribution in [0.25, 0.3) is 0 Å². The number of rotatable bonds is 2. The van der Waals surface area contributed by atoms with Crippen molar-refractivity contribution < 1.29 is 14.8 Å². The minimum Gasteiger partial charge on any atom is -0.368 e. The Kier molecular flexibility index (Phi) is 3.54. The lowest BCUT2D eigenvalue weighted by atomic mass is 9.81. The molecule has 1 aliphatic rings. The van der Waals surface area contributed by atoms with E-state index in [4.69, 9.17) is 0 Å². The Hall–Kier alpha value is -2.28. The number of benzene rings is 1. The summed E-state index contributed by atoms with van der Waals surface area (Å²) in [5, 5.41) is 26.5. The number of aliphatic hydroxyl groups is 1. The number of nitro groups is 1. The van der Waals surface area contributed by atoms with E-state index in [1.807, 2.05) is 0 Å². The smallest absolute Gasteiger partial charge is 0.276 e. The molecule has 112 valence electrons. The standard InChI is InChI=1S/C14H17N3O4/c1-13(2,3)14(19)7-8-15-16(14)12(18)10-5-4-6-11(9-10)17(20)21/h4-6,8-9,19H,7H2,1-3H3/t14-/m1/s1. The van der Waals surface area contributed by atoms with E-state index in [0.717, 1.165) is 5.01 Å². The van der Waals surface area contributed by atoms with Gasteiger partial charge in [0.2, 0.25) is 0 Å². The number of nitro benzene ring substituents is 1. The summed E-state index contributed by atoms with van der Waals surface area (Å²) in [4.78, 5) is 22.7. The van der Waals surface area contributed by atoms with E-state index in [9.17, 15) is 20.0 Å². The van der Waals surface area contributed by atoms with Crippen LogP contribution in [0.2, 0.25) is 0 Å². The molecular formula is C14H17N3O4. The summed E-state index contributed by atoms with van der Waals surface area (Å²) in [7, 11) is 0. The lowest BCUT2D eigenvalue weighted by molar-refractivity contribution is -0.384. The number of hydrazone groups is 1. The second-order valence-corrected chi connectivity index (χ2v) is 5.99. The third kappa shape index (κ3) is 2.52. The highest BCUT2D eigenvalue weighted by molar-refractivity contribution is 5.96. The highest BCUT2D eigenvalue weighted by atomic mass is 16.6. The van der Waals surface area contributed by atoms with Crippen LogP contribution in [0.5, 0.6) is 0 Å². The maximum absolute atomic E-state index is 12.5. The monoisotopic (exact) mass is 291 g/mol. The zero-order valence-electron chi connectivity index (χ0n) is 12.1. The van der Waals surface area contributed by atoms with Gasteiger partial charge in [0.1, 0.15) is 0 Å². The zero-order valence-corrected chi connectivity index (χ0v) is 12.1. The van der Waals surface area contributed by atoms with Crippen LogP contribution >= 0.6 is 0 Å². The van der Waals surface area contributed by atoms with E-state index in [2.05, 4.69) is 5.10 Å². The molecule has 1 amide bonds. The van der Waals surface area contributed by atoms with Crippen molar-refractivity contribution in [1.82, 2.24) is 5.01 Å². The molecule has 0 aromatic heterocycles. The van der Waals surface area contributed by atoms with Crippen molar-refractivity contribution in [2.24, 2.45) is 10.5 Å². The summed E-state index contributed by atoms with van der Waals surface area (Å²) in [5.41, 5.74) is -2.12. The fourth-order valence-electron chi connectivity index (χ4n) is 2.15. The second-order valence-electron chi connectivity index (χ2n) is 5.99. The summed E-state index contributed by atoms with van der Waals surface area (Å²) < 4.78 is 0. The zero-order chi connectivity index (χ0) is 15.8. The third-order valence-electron chi connectivity index (χ3n) is 3.62. The molecule has 0 bridgehead atoms. The van der Waals surface area contributed by atoms with Gasteiger partial charge in [-0.3, -0.25) is 14.9 Å². The Morgan fingerprint density at radius 3 is 2.71 bits per heavy atom. The maximum Gasteiger partial charge on any atom is 0.276 e. The van der Waals surface area contributed by atoms with Gasteiger partial charge in [0.25, 0.3) is 11.6 Å². The van der Waals surface area contributed by atoms with Crippen molar-refractivity contribution in [3.05, 3.63) is 39.9 Å². The molecule has 1 atom stereocenters. The highest BCUT2D eigenvalue weighted by Crippen LogP contribution is 2.39. The average Bonchev–Trinajstić information content (AvgIpc) is 2.81. The number of hydrogen-bond donors (Lipinski definition) is 1. The van der Waals surface area contributed by atoms with Crippen LogP contribution in [-0.4, -0.2) is 32.9 Å². The summed E-state index contributed by atoms with van der Waals surface area (Å²) in [6.45, 7) is 5.40. The Bertz CT molecular complexity index is 621.